The first-order valence-corrected chi connectivity index (χ1v) is 11.2. The van der Waals surface area contributed by atoms with Gasteiger partial charge in [0.1, 0.15) is 24.0 Å². The predicted octanol–water partition coefficient (Wildman–Crippen LogP) is 4.85. The third-order valence-corrected chi connectivity index (χ3v) is 4.63. The minimum atomic E-state index is -0.679. The molecule has 1 atom stereocenters. The Balaban J connectivity index is 1.92. The van der Waals surface area contributed by atoms with Gasteiger partial charge in [-0.15, -0.1) is 0 Å². The Morgan fingerprint density at radius 2 is 1.70 bits per heavy atom. The van der Waals surface area contributed by atoms with E-state index in [1.807, 2.05) is 36.6 Å². The van der Waals surface area contributed by atoms with E-state index in [1.165, 1.54) is 0 Å². The Morgan fingerprint density at radius 3 is 2.30 bits per heavy atom. The summed E-state index contributed by atoms with van der Waals surface area (Å²) >= 11 is 1.61. The summed E-state index contributed by atoms with van der Waals surface area (Å²) in [6, 6.07) is 16.4. The lowest BCUT2D eigenvalue weighted by Gasteiger charge is -2.23. The Morgan fingerprint density at radius 1 is 1.03 bits per heavy atom. The fraction of sp³-hybridized carbons (Fsp3) is 0.391. The van der Waals surface area contributed by atoms with Crippen molar-refractivity contribution in [2.45, 2.75) is 45.4 Å². The van der Waals surface area contributed by atoms with E-state index < -0.39 is 17.7 Å². The molecule has 0 saturated heterocycles. The molecule has 6 nitrogen and oxygen atoms in total. The van der Waals surface area contributed by atoms with Crippen LogP contribution in [-0.4, -0.2) is 35.7 Å². The molecule has 0 aromatic heterocycles. The lowest BCUT2D eigenvalue weighted by Crippen LogP contribution is -2.46. The van der Waals surface area contributed by atoms with Crippen LogP contribution in [0.2, 0.25) is 0 Å². The molecule has 7 heteroatoms. The summed E-state index contributed by atoms with van der Waals surface area (Å²) in [4.78, 5) is 24.8. The van der Waals surface area contributed by atoms with Crippen molar-refractivity contribution >= 4 is 29.4 Å². The second-order valence-corrected chi connectivity index (χ2v) is 8.75. The van der Waals surface area contributed by atoms with E-state index >= 15 is 0 Å². The summed E-state index contributed by atoms with van der Waals surface area (Å²) < 4.78 is 11.0. The molecule has 0 aliphatic rings. The van der Waals surface area contributed by atoms with Gasteiger partial charge in [0.05, 0.1) is 0 Å². The molecule has 162 valence electrons. The number of nitrogens with one attached hydrogen (secondary N) is 2. The number of amides is 2. The highest BCUT2D eigenvalue weighted by Crippen LogP contribution is 2.18. The van der Waals surface area contributed by atoms with E-state index in [-0.39, 0.29) is 5.91 Å². The largest absolute Gasteiger partial charge is 0.489 e. The molecular weight excluding hydrogens is 400 g/mol. The van der Waals surface area contributed by atoms with E-state index in [0.717, 1.165) is 11.3 Å². The molecule has 0 spiro atoms. The fourth-order valence-electron chi connectivity index (χ4n) is 2.56. The molecule has 2 N–H and O–H groups in total. The Hall–Kier alpha value is -2.67. The number of carbonyl (C=O) groups excluding carboxylic acids is 2. The van der Waals surface area contributed by atoms with Crippen LogP contribution in [0.3, 0.4) is 0 Å². The normalized spacial score (nSPS) is 12.0. The van der Waals surface area contributed by atoms with E-state index in [2.05, 4.69) is 10.6 Å². The summed E-state index contributed by atoms with van der Waals surface area (Å²) in [5.41, 5.74) is 1.09. The summed E-state index contributed by atoms with van der Waals surface area (Å²) in [5, 5.41) is 5.51. The van der Waals surface area contributed by atoms with Gasteiger partial charge < -0.3 is 20.1 Å². The van der Waals surface area contributed by atoms with Gasteiger partial charge in [-0.1, -0.05) is 30.3 Å². The smallest absolute Gasteiger partial charge is 0.408 e. The van der Waals surface area contributed by atoms with Crippen molar-refractivity contribution in [3.8, 4) is 5.75 Å². The lowest BCUT2D eigenvalue weighted by molar-refractivity contribution is -0.118. The van der Waals surface area contributed by atoms with Crippen molar-refractivity contribution in [3.05, 3.63) is 60.2 Å². The van der Waals surface area contributed by atoms with Gasteiger partial charge in [-0.25, -0.2) is 4.79 Å². The number of ether oxygens (including phenoxy) is 2. The van der Waals surface area contributed by atoms with E-state index in [1.54, 1.807) is 56.8 Å². The highest BCUT2D eigenvalue weighted by Gasteiger charge is 2.24. The van der Waals surface area contributed by atoms with Crippen LogP contribution in [0.5, 0.6) is 5.75 Å². The number of alkyl carbamates (subject to hydrolysis) is 1. The topological polar surface area (TPSA) is 76.7 Å². The van der Waals surface area contributed by atoms with Crippen LogP contribution in [0.25, 0.3) is 0 Å². The number of hydrogen-bond donors (Lipinski definition) is 2. The predicted molar refractivity (Wildman–Crippen MR) is 122 cm³/mol. The number of anilines is 1. The van der Waals surface area contributed by atoms with Crippen molar-refractivity contribution < 1.29 is 19.1 Å². The van der Waals surface area contributed by atoms with Crippen LogP contribution in [0.4, 0.5) is 10.5 Å². The molecule has 0 fully saturated rings. The molecule has 0 aliphatic heterocycles. The number of hydrogen-bond acceptors (Lipinski definition) is 5. The number of benzene rings is 2. The monoisotopic (exact) mass is 430 g/mol. The van der Waals surface area contributed by atoms with Gasteiger partial charge in [0.2, 0.25) is 5.91 Å². The summed E-state index contributed by atoms with van der Waals surface area (Å²) in [7, 11) is 0. The van der Waals surface area contributed by atoms with E-state index in [4.69, 9.17) is 9.47 Å². The summed E-state index contributed by atoms with van der Waals surface area (Å²) in [5.74, 6) is 1.16. The average Bonchev–Trinajstić information content (AvgIpc) is 2.70. The Kier molecular flexibility index (Phi) is 9.05. The van der Waals surface area contributed by atoms with Gasteiger partial charge >= 0.3 is 6.09 Å². The molecule has 2 aromatic carbocycles. The van der Waals surface area contributed by atoms with E-state index in [9.17, 15) is 9.59 Å². The van der Waals surface area contributed by atoms with Crippen molar-refractivity contribution in [1.29, 1.82) is 0 Å². The van der Waals surface area contributed by atoms with Crippen LogP contribution in [0.15, 0.2) is 54.6 Å². The van der Waals surface area contributed by atoms with Crippen molar-refractivity contribution in [1.82, 2.24) is 5.32 Å². The second kappa shape index (κ2) is 11.5. The lowest BCUT2D eigenvalue weighted by atomic mass is 10.2. The highest BCUT2D eigenvalue weighted by molar-refractivity contribution is 7.98. The van der Waals surface area contributed by atoms with Gasteiger partial charge in [0, 0.05) is 5.69 Å². The molecule has 2 aromatic rings. The minimum Gasteiger partial charge on any atom is -0.489 e. The van der Waals surface area contributed by atoms with Crippen LogP contribution < -0.4 is 15.4 Å². The maximum atomic E-state index is 12.7. The Bertz CT molecular complexity index is 804. The summed E-state index contributed by atoms with van der Waals surface area (Å²) in [6.45, 7) is 5.82. The molecule has 30 heavy (non-hydrogen) atoms. The highest BCUT2D eigenvalue weighted by atomic mass is 32.2. The number of rotatable bonds is 9. The molecule has 0 radical (unpaired) electrons. The third-order valence-electron chi connectivity index (χ3n) is 3.99. The van der Waals surface area contributed by atoms with Gasteiger partial charge in [0.15, 0.2) is 0 Å². The molecule has 0 bridgehead atoms. The molecule has 0 aliphatic carbocycles. The van der Waals surface area contributed by atoms with Crippen LogP contribution >= 0.6 is 11.8 Å². The van der Waals surface area contributed by atoms with Gasteiger partial charge in [0.25, 0.3) is 0 Å². The van der Waals surface area contributed by atoms with Crippen LogP contribution in [0.1, 0.15) is 32.8 Å². The van der Waals surface area contributed by atoms with Crippen LogP contribution in [0, 0.1) is 0 Å². The average molecular weight is 431 g/mol. The van der Waals surface area contributed by atoms with Crippen molar-refractivity contribution in [3.63, 3.8) is 0 Å². The molecule has 2 rings (SSSR count). The van der Waals surface area contributed by atoms with Gasteiger partial charge in [-0.3, -0.25) is 4.79 Å². The number of carbonyl (C=O) groups is 2. The minimum absolute atomic E-state index is 0.284. The fourth-order valence-corrected chi connectivity index (χ4v) is 3.03. The first-order valence-electron chi connectivity index (χ1n) is 9.83. The SMILES string of the molecule is CSCC[C@H](NC(=O)OC(C)(C)C)C(=O)Nc1ccc(OCc2ccccc2)cc1. The van der Waals surface area contributed by atoms with Gasteiger partial charge in [-0.05, 0) is 69.0 Å². The Labute approximate surface area is 182 Å². The molecule has 0 unspecified atom stereocenters. The first-order chi connectivity index (χ1) is 14.3. The van der Waals surface area contributed by atoms with Gasteiger partial charge in [-0.2, -0.15) is 11.8 Å². The zero-order valence-electron chi connectivity index (χ0n) is 17.9. The summed E-state index contributed by atoms with van der Waals surface area (Å²) in [6.07, 6.45) is 1.86. The molecular formula is C23H30N2O4S. The van der Waals surface area contributed by atoms with Crippen molar-refractivity contribution in [2.24, 2.45) is 0 Å². The zero-order valence-corrected chi connectivity index (χ0v) is 18.8. The quantitative estimate of drug-likeness (QED) is 0.595. The van der Waals surface area contributed by atoms with E-state index in [0.29, 0.717) is 24.5 Å². The zero-order chi connectivity index (χ0) is 22.0. The second-order valence-electron chi connectivity index (χ2n) is 7.77. The third kappa shape index (κ3) is 8.78. The molecule has 2 amide bonds. The number of thioether (sulfide) groups is 1. The maximum absolute atomic E-state index is 12.7. The first kappa shape index (κ1) is 23.6. The van der Waals surface area contributed by atoms with Crippen molar-refractivity contribution in [2.75, 3.05) is 17.3 Å². The molecule has 0 heterocycles. The van der Waals surface area contributed by atoms with Crippen LogP contribution in [-0.2, 0) is 16.1 Å². The molecule has 0 saturated carbocycles. The standard InChI is InChI=1S/C23H30N2O4S/c1-23(2,3)29-22(27)25-20(14-15-30-4)21(26)24-18-10-12-19(13-11-18)28-16-17-8-6-5-7-9-17/h5-13,20H,14-16H2,1-4H3,(H,24,26)(H,25,27)/t20-/m0/s1. The maximum Gasteiger partial charge on any atom is 0.408 e.